The van der Waals surface area contributed by atoms with Crippen molar-refractivity contribution in [1.82, 2.24) is 19.5 Å². The summed E-state index contributed by atoms with van der Waals surface area (Å²) in [4.78, 5) is 8.62. The molecule has 0 N–H and O–H groups in total. The molecule has 2 aromatic carbocycles. The third-order valence-electron chi connectivity index (χ3n) is 4.57. The number of hydrogen-bond donors (Lipinski definition) is 0. The lowest BCUT2D eigenvalue weighted by molar-refractivity contribution is -0.584. The second-order valence-electron chi connectivity index (χ2n) is 6.23. The minimum Gasteiger partial charge on any atom is -0.618 e. The van der Waals surface area contributed by atoms with Crippen LogP contribution in [-0.4, -0.2) is 19.5 Å². The van der Waals surface area contributed by atoms with Gasteiger partial charge in [0, 0.05) is 12.5 Å². The summed E-state index contributed by atoms with van der Waals surface area (Å²) in [7, 11) is 0. The van der Waals surface area contributed by atoms with E-state index in [1.807, 2.05) is 0 Å². The van der Waals surface area contributed by atoms with Gasteiger partial charge in [0.2, 0.25) is 11.5 Å². The molecule has 138 valence electrons. The maximum atomic E-state index is 14.2. The minimum absolute atomic E-state index is 0.0726. The lowest BCUT2D eigenvalue weighted by atomic mass is 10.2. The lowest BCUT2D eigenvalue weighted by Gasteiger charge is -2.08. The number of aryl methyl sites for hydroxylation is 1. The molecular formula is C19H11F2N5O2. The first-order valence-electron chi connectivity index (χ1n) is 8.32. The highest BCUT2D eigenvalue weighted by Crippen LogP contribution is 2.28. The lowest BCUT2D eigenvalue weighted by Crippen LogP contribution is -2.33. The molecule has 0 aliphatic carbocycles. The van der Waals surface area contributed by atoms with E-state index >= 15 is 0 Å². The first kappa shape index (κ1) is 16.3. The van der Waals surface area contributed by atoms with Gasteiger partial charge in [0.05, 0.1) is 0 Å². The summed E-state index contributed by atoms with van der Waals surface area (Å²) in [5, 5.41) is 16.6. The summed E-state index contributed by atoms with van der Waals surface area (Å²) in [6, 6.07) is 9.99. The molecule has 0 spiro atoms. The Labute approximate surface area is 156 Å². The Balaban J connectivity index is 1.73. The van der Waals surface area contributed by atoms with Crippen molar-refractivity contribution in [3.8, 4) is 23.0 Å². The van der Waals surface area contributed by atoms with Crippen LogP contribution < -0.4 is 4.73 Å². The quantitative estimate of drug-likeness (QED) is 0.347. The molecule has 0 atom stereocenters. The topological polar surface area (TPSA) is 83.2 Å². The van der Waals surface area contributed by atoms with Crippen molar-refractivity contribution < 1.29 is 18.0 Å². The number of aromatic nitrogens is 5. The fourth-order valence-electron chi connectivity index (χ4n) is 3.23. The van der Waals surface area contributed by atoms with Gasteiger partial charge in [0.15, 0.2) is 5.82 Å². The molecule has 0 radical (unpaired) electrons. The van der Waals surface area contributed by atoms with Crippen LogP contribution in [0.25, 0.3) is 39.5 Å². The minimum atomic E-state index is -0.620. The molecule has 5 rings (SSSR count). The monoisotopic (exact) mass is 379 g/mol. The molecule has 0 bridgehead atoms. The number of hydrogen-bond acceptors (Lipinski definition) is 5. The van der Waals surface area contributed by atoms with Crippen molar-refractivity contribution in [2.45, 2.75) is 6.92 Å². The first-order valence-corrected chi connectivity index (χ1v) is 8.32. The van der Waals surface area contributed by atoms with Crippen molar-refractivity contribution in [3.05, 3.63) is 71.3 Å². The van der Waals surface area contributed by atoms with Crippen LogP contribution in [0.1, 0.15) is 5.69 Å². The van der Waals surface area contributed by atoms with E-state index in [1.54, 1.807) is 17.4 Å². The van der Waals surface area contributed by atoms with Gasteiger partial charge in [-0.05, 0) is 36.4 Å². The number of nitrogens with zero attached hydrogens (tertiary/aromatic N) is 5. The molecule has 0 fully saturated rings. The maximum Gasteiger partial charge on any atom is 0.277 e. The van der Waals surface area contributed by atoms with E-state index in [1.165, 1.54) is 42.7 Å². The SMILES string of the molecule is Cc1c2c(-c3noc(-c4ccc(F)cc4)n3)ncn2c2cccc(F)c2[n+]1[O-]. The molecule has 7 nitrogen and oxygen atoms in total. The molecule has 0 amide bonds. The Morgan fingerprint density at radius 2 is 1.89 bits per heavy atom. The van der Waals surface area contributed by atoms with E-state index in [4.69, 9.17) is 4.52 Å². The van der Waals surface area contributed by atoms with Crippen LogP contribution in [0.15, 0.2) is 53.3 Å². The van der Waals surface area contributed by atoms with E-state index in [-0.39, 0.29) is 28.7 Å². The van der Waals surface area contributed by atoms with E-state index in [0.29, 0.717) is 27.0 Å². The zero-order valence-corrected chi connectivity index (χ0v) is 14.4. The number of rotatable bonds is 2. The zero-order valence-electron chi connectivity index (χ0n) is 14.4. The Kier molecular flexibility index (Phi) is 3.38. The third-order valence-corrected chi connectivity index (χ3v) is 4.57. The van der Waals surface area contributed by atoms with Crippen molar-refractivity contribution in [2.24, 2.45) is 0 Å². The highest BCUT2D eigenvalue weighted by atomic mass is 19.1. The first-order chi connectivity index (χ1) is 13.5. The predicted molar refractivity (Wildman–Crippen MR) is 95.0 cm³/mol. The number of fused-ring (bicyclic) bond motifs is 3. The Hall–Kier alpha value is -3.88. The van der Waals surface area contributed by atoms with Crippen LogP contribution in [0, 0.1) is 23.8 Å². The predicted octanol–water partition coefficient (Wildman–Crippen LogP) is 3.42. The number of halogens is 2. The molecule has 0 saturated carbocycles. The summed E-state index contributed by atoms with van der Waals surface area (Å²) in [6.07, 6.45) is 1.48. The molecule has 3 heterocycles. The van der Waals surface area contributed by atoms with Gasteiger partial charge in [-0.15, -0.1) is 0 Å². The highest BCUT2D eigenvalue weighted by molar-refractivity contribution is 5.83. The van der Waals surface area contributed by atoms with Gasteiger partial charge in [0.25, 0.3) is 11.4 Å². The fraction of sp³-hybridized carbons (Fsp3) is 0.0526. The molecular weight excluding hydrogens is 368 g/mol. The van der Waals surface area contributed by atoms with Crippen molar-refractivity contribution in [2.75, 3.05) is 0 Å². The van der Waals surface area contributed by atoms with E-state index in [9.17, 15) is 14.0 Å². The van der Waals surface area contributed by atoms with Crippen LogP contribution in [0.4, 0.5) is 8.78 Å². The molecule has 9 heteroatoms. The summed E-state index contributed by atoms with van der Waals surface area (Å²) in [5.41, 5.74) is 1.86. The third kappa shape index (κ3) is 2.26. The largest absolute Gasteiger partial charge is 0.618 e. The average Bonchev–Trinajstić information content (AvgIpc) is 3.34. The van der Waals surface area contributed by atoms with Crippen molar-refractivity contribution in [1.29, 1.82) is 0 Å². The highest BCUT2D eigenvalue weighted by Gasteiger charge is 2.24. The van der Waals surface area contributed by atoms with Crippen LogP contribution in [0.3, 0.4) is 0 Å². The molecule has 28 heavy (non-hydrogen) atoms. The molecule has 0 saturated heterocycles. The number of benzene rings is 2. The van der Waals surface area contributed by atoms with Crippen LogP contribution in [-0.2, 0) is 0 Å². The standard InChI is InChI=1S/C19H11F2N5O2/c1-10-16-15(18-23-19(28-24-18)11-5-7-12(20)8-6-11)22-9-25(16)14-4-2-3-13(21)17(14)26(10)27/h2-9H,1H3. The van der Waals surface area contributed by atoms with Gasteiger partial charge in [-0.2, -0.15) is 14.1 Å². The van der Waals surface area contributed by atoms with Gasteiger partial charge >= 0.3 is 0 Å². The average molecular weight is 379 g/mol. The van der Waals surface area contributed by atoms with Crippen LogP contribution >= 0.6 is 0 Å². The van der Waals surface area contributed by atoms with Gasteiger partial charge in [-0.3, -0.25) is 4.40 Å². The van der Waals surface area contributed by atoms with Gasteiger partial charge in [0.1, 0.15) is 28.9 Å². The van der Waals surface area contributed by atoms with Gasteiger partial charge in [-0.25, -0.2) is 9.37 Å². The molecule has 0 aliphatic rings. The van der Waals surface area contributed by atoms with E-state index < -0.39 is 5.82 Å². The second kappa shape index (κ2) is 5.81. The Morgan fingerprint density at radius 1 is 1.11 bits per heavy atom. The van der Waals surface area contributed by atoms with Gasteiger partial charge in [-0.1, -0.05) is 11.2 Å². The molecule has 3 aromatic heterocycles. The Morgan fingerprint density at radius 3 is 2.68 bits per heavy atom. The smallest absolute Gasteiger partial charge is 0.277 e. The summed E-state index contributed by atoms with van der Waals surface area (Å²) in [5.74, 6) is -0.638. The van der Waals surface area contributed by atoms with Crippen molar-refractivity contribution in [3.63, 3.8) is 0 Å². The zero-order chi connectivity index (χ0) is 19.4. The molecule has 0 unspecified atom stereocenters. The number of para-hydroxylation sites is 1. The number of imidazole rings is 1. The van der Waals surface area contributed by atoms with Gasteiger partial charge < -0.3 is 9.73 Å². The summed E-state index contributed by atoms with van der Waals surface area (Å²) >= 11 is 0. The van der Waals surface area contributed by atoms with Crippen LogP contribution in [0.5, 0.6) is 0 Å². The van der Waals surface area contributed by atoms with Crippen LogP contribution in [0.2, 0.25) is 0 Å². The summed E-state index contributed by atoms with van der Waals surface area (Å²) < 4.78 is 34.7. The second-order valence-corrected chi connectivity index (χ2v) is 6.23. The summed E-state index contributed by atoms with van der Waals surface area (Å²) in [6.45, 7) is 1.57. The fourth-order valence-corrected chi connectivity index (χ4v) is 3.23. The maximum absolute atomic E-state index is 14.2. The van der Waals surface area contributed by atoms with E-state index in [2.05, 4.69) is 15.1 Å². The van der Waals surface area contributed by atoms with Crippen molar-refractivity contribution >= 4 is 16.6 Å². The molecule has 5 aromatic rings. The van der Waals surface area contributed by atoms with E-state index in [0.717, 1.165) is 0 Å². The normalized spacial score (nSPS) is 11.5. The Bertz CT molecular complexity index is 1360. The molecule has 0 aliphatic heterocycles.